The molecule has 4 heteroatoms. The molecule has 2 bridgehead atoms. The number of rotatable bonds is 2. The van der Waals surface area contributed by atoms with Gasteiger partial charge in [0.1, 0.15) is 0 Å². The molecule has 0 aromatic carbocycles. The molecular formula is C11H15NO3. The predicted octanol–water partition coefficient (Wildman–Crippen LogP) is 1.03. The first kappa shape index (κ1) is 10.2. The van der Waals surface area contributed by atoms with E-state index in [0.717, 1.165) is 12.8 Å². The summed E-state index contributed by atoms with van der Waals surface area (Å²) in [6.07, 6.45) is 5.65. The van der Waals surface area contributed by atoms with Gasteiger partial charge in [-0.3, -0.25) is 9.59 Å². The topological polar surface area (TPSA) is 57.6 Å². The Morgan fingerprint density at radius 3 is 2.67 bits per heavy atom. The highest BCUT2D eigenvalue weighted by Gasteiger charge is 2.50. The van der Waals surface area contributed by atoms with Gasteiger partial charge in [-0.1, -0.05) is 6.08 Å². The van der Waals surface area contributed by atoms with Gasteiger partial charge >= 0.3 is 5.97 Å². The molecule has 2 aliphatic rings. The van der Waals surface area contributed by atoms with Crippen LogP contribution in [-0.4, -0.2) is 34.0 Å². The minimum absolute atomic E-state index is 0.0336. The number of amides is 1. The molecule has 2 aliphatic heterocycles. The molecule has 0 aliphatic carbocycles. The molecule has 4 nitrogen and oxygen atoms in total. The van der Waals surface area contributed by atoms with Gasteiger partial charge in [0.05, 0.1) is 5.92 Å². The number of fused-ring (bicyclic) bond motifs is 2. The van der Waals surface area contributed by atoms with Crippen molar-refractivity contribution in [3.8, 4) is 0 Å². The van der Waals surface area contributed by atoms with Crippen LogP contribution in [0.1, 0.15) is 26.2 Å². The van der Waals surface area contributed by atoms with Crippen molar-refractivity contribution in [3.05, 3.63) is 12.2 Å². The molecule has 0 spiro atoms. The van der Waals surface area contributed by atoms with E-state index in [9.17, 15) is 9.59 Å². The predicted molar refractivity (Wildman–Crippen MR) is 54.2 cm³/mol. The molecule has 2 fully saturated rings. The van der Waals surface area contributed by atoms with E-state index in [1.165, 1.54) is 6.08 Å². The Kier molecular flexibility index (Phi) is 2.50. The van der Waals surface area contributed by atoms with Crippen molar-refractivity contribution >= 4 is 11.9 Å². The van der Waals surface area contributed by atoms with E-state index in [4.69, 9.17) is 5.11 Å². The van der Waals surface area contributed by atoms with E-state index >= 15 is 0 Å². The smallest absolute Gasteiger partial charge is 0.308 e. The van der Waals surface area contributed by atoms with Crippen LogP contribution in [0.25, 0.3) is 0 Å². The summed E-state index contributed by atoms with van der Waals surface area (Å²) in [7, 11) is 0. The van der Waals surface area contributed by atoms with Crippen molar-refractivity contribution in [1.82, 2.24) is 4.90 Å². The third-order valence-corrected chi connectivity index (χ3v) is 3.42. The van der Waals surface area contributed by atoms with E-state index in [-0.39, 0.29) is 23.9 Å². The summed E-state index contributed by atoms with van der Waals surface area (Å²) in [5, 5.41) is 9.01. The number of carboxylic acids is 1. The second-order valence-electron chi connectivity index (χ2n) is 4.22. The van der Waals surface area contributed by atoms with Gasteiger partial charge in [-0.05, 0) is 32.3 Å². The lowest BCUT2D eigenvalue weighted by Crippen LogP contribution is -2.36. The van der Waals surface area contributed by atoms with Crippen LogP contribution in [0, 0.1) is 5.92 Å². The molecule has 15 heavy (non-hydrogen) atoms. The molecule has 3 atom stereocenters. The monoisotopic (exact) mass is 209 g/mol. The Balaban J connectivity index is 2.16. The Labute approximate surface area is 88.6 Å². The number of carbonyl (C=O) groups excluding carboxylic acids is 1. The van der Waals surface area contributed by atoms with Gasteiger partial charge in [-0.15, -0.1) is 0 Å². The first-order valence-corrected chi connectivity index (χ1v) is 5.33. The normalized spacial score (nSPS) is 33.9. The Morgan fingerprint density at radius 1 is 1.40 bits per heavy atom. The summed E-state index contributed by atoms with van der Waals surface area (Å²) in [5.41, 5.74) is 0. The van der Waals surface area contributed by atoms with Crippen molar-refractivity contribution < 1.29 is 14.7 Å². The van der Waals surface area contributed by atoms with Crippen LogP contribution in [0.4, 0.5) is 0 Å². The minimum atomic E-state index is -0.763. The van der Waals surface area contributed by atoms with Gasteiger partial charge in [0.25, 0.3) is 0 Å². The van der Waals surface area contributed by atoms with E-state index < -0.39 is 5.97 Å². The highest BCUT2D eigenvalue weighted by Crippen LogP contribution is 2.41. The highest BCUT2D eigenvalue weighted by atomic mass is 16.4. The van der Waals surface area contributed by atoms with Crippen LogP contribution < -0.4 is 0 Å². The first-order valence-electron chi connectivity index (χ1n) is 5.33. The van der Waals surface area contributed by atoms with Crippen LogP contribution >= 0.6 is 0 Å². The van der Waals surface area contributed by atoms with Crippen LogP contribution in [0.5, 0.6) is 0 Å². The zero-order chi connectivity index (χ0) is 11.0. The fraction of sp³-hybridized carbons (Fsp3) is 0.636. The van der Waals surface area contributed by atoms with Crippen LogP contribution in [0.2, 0.25) is 0 Å². The molecule has 2 heterocycles. The van der Waals surface area contributed by atoms with Crippen LogP contribution in [0.15, 0.2) is 12.2 Å². The summed E-state index contributed by atoms with van der Waals surface area (Å²) in [6, 6.07) is 0.0796. The standard InChI is InChI=1S/C11H15NO3/c1-2-3-10(13)12-7-4-5-9(12)8(6-7)11(14)15/h2-3,7-9H,4-6H2,1H3,(H,14,15)/b3-2+. The molecule has 0 saturated carbocycles. The fourth-order valence-corrected chi connectivity index (χ4v) is 2.83. The number of nitrogens with zero attached hydrogens (tertiary/aromatic N) is 1. The third-order valence-electron chi connectivity index (χ3n) is 3.42. The fourth-order valence-electron chi connectivity index (χ4n) is 2.83. The average Bonchev–Trinajstić information content (AvgIpc) is 2.74. The zero-order valence-corrected chi connectivity index (χ0v) is 8.72. The second kappa shape index (κ2) is 3.68. The third kappa shape index (κ3) is 1.54. The first-order chi connectivity index (χ1) is 7.15. The van der Waals surface area contributed by atoms with Crippen molar-refractivity contribution in [1.29, 1.82) is 0 Å². The van der Waals surface area contributed by atoms with Crippen LogP contribution in [-0.2, 0) is 9.59 Å². The second-order valence-corrected chi connectivity index (χ2v) is 4.22. The highest BCUT2D eigenvalue weighted by molar-refractivity contribution is 5.89. The van der Waals surface area contributed by atoms with Gasteiger partial charge in [-0.25, -0.2) is 0 Å². The summed E-state index contributed by atoms with van der Waals surface area (Å²) in [4.78, 5) is 24.4. The maximum absolute atomic E-state index is 11.7. The van der Waals surface area contributed by atoms with Crippen LogP contribution in [0.3, 0.4) is 0 Å². The molecule has 1 amide bonds. The summed E-state index contributed by atoms with van der Waals surface area (Å²) >= 11 is 0. The minimum Gasteiger partial charge on any atom is -0.481 e. The van der Waals surface area contributed by atoms with Gasteiger partial charge < -0.3 is 10.0 Å². The number of hydrogen-bond acceptors (Lipinski definition) is 2. The molecule has 82 valence electrons. The van der Waals surface area contributed by atoms with Crippen molar-refractivity contribution in [3.63, 3.8) is 0 Å². The summed E-state index contributed by atoms with van der Waals surface area (Å²) < 4.78 is 0. The lowest BCUT2D eigenvalue weighted by molar-refractivity contribution is -0.143. The molecule has 2 saturated heterocycles. The molecule has 1 N–H and O–H groups in total. The molecule has 3 unspecified atom stereocenters. The van der Waals surface area contributed by atoms with Crippen molar-refractivity contribution in [2.75, 3.05) is 0 Å². The summed E-state index contributed by atoms with van der Waals surface area (Å²) in [6.45, 7) is 1.80. The van der Waals surface area contributed by atoms with Gasteiger partial charge in [0.15, 0.2) is 0 Å². The van der Waals surface area contributed by atoms with Gasteiger partial charge in [-0.2, -0.15) is 0 Å². The summed E-state index contributed by atoms with van der Waals surface area (Å²) in [5.74, 6) is -1.15. The molecule has 2 rings (SSSR count). The maximum Gasteiger partial charge on any atom is 0.308 e. The number of carbonyl (C=O) groups is 2. The SMILES string of the molecule is C/C=C/C(=O)N1C2CCC1C(C(=O)O)C2. The number of carboxylic acid groups (broad SMARTS) is 1. The largest absolute Gasteiger partial charge is 0.481 e. The molecular weight excluding hydrogens is 194 g/mol. The lowest BCUT2D eigenvalue weighted by Gasteiger charge is -2.21. The molecule has 0 radical (unpaired) electrons. The lowest BCUT2D eigenvalue weighted by atomic mass is 9.89. The Morgan fingerprint density at radius 2 is 2.13 bits per heavy atom. The zero-order valence-electron chi connectivity index (χ0n) is 8.72. The number of hydrogen-bond donors (Lipinski definition) is 1. The maximum atomic E-state index is 11.7. The van der Waals surface area contributed by atoms with Gasteiger partial charge in [0, 0.05) is 12.1 Å². The Bertz CT molecular complexity index is 324. The average molecular weight is 209 g/mol. The molecule has 0 aromatic rings. The van der Waals surface area contributed by atoms with E-state index in [0.29, 0.717) is 6.42 Å². The van der Waals surface area contributed by atoms with E-state index in [1.807, 2.05) is 0 Å². The van der Waals surface area contributed by atoms with Gasteiger partial charge in [0.2, 0.25) is 5.91 Å². The van der Waals surface area contributed by atoms with Crippen molar-refractivity contribution in [2.24, 2.45) is 5.92 Å². The number of allylic oxidation sites excluding steroid dienone is 1. The molecule has 0 aromatic heterocycles. The van der Waals surface area contributed by atoms with E-state index in [1.54, 1.807) is 17.9 Å². The van der Waals surface area contributed by atoms with E-state index in [2.05, 4.69) is 0 Å². The number of aliphatic carboxylic acids is 1. The van der Waals surface area contributed by atoms with Crippen molar-refractivity contribution in [2.45, 2.75) is 38.3 Å². The Hall–Kier alpha value is -1.32. The quantitative estimate of drug-likeness (QED) is 0.691.